The van der Waals surface area contributed by atoms with E-state index in [0.29, 0.717) is 19.2 Å². The minimum atomic E-state index is -0.582. The minimum absolute atomic E-state index is 0.0896. The van der Waals surface area contributed by atoms with E-state index in [9.17, 15) is 9.59 Å². The molecule has 5 nitrogen and oxygen atoms in total. The van der Waals surface area contributed by atoms with Crippen LogP contribution >= 0.6 is 0 Å². The molecule has 5 heteroatoms. The third-order valence-electron chi connectivity index (χ3n) is 5.45. The molecule has 1 aliphatic carbocycles. The fraction of sp³-hybridized carbons (Fsp3) is 0.750. The average Bonchev–Trinajstić information content (AvgIpc) is 3.19. The molecule has 3 fully saturated rings. The van der Waals surface area contributed by atoms with Gasteiger partial charge in [0.25, 0.3) is 0 Å². The van der Waals surface area contributed by atoms with Gasteiger partial charge in [-0.2, -0.15) is 0 Å². The van der Waals surface area contributed by atoms with E-state index in [1.807, 2.05) is 17.1 Å². The Morgan fingerprint density at radius 3 is 2.95 bits per heavy atom. The number of carbonyl (C=O) groups is 2. The van der Waals surface area contributed by atoms with Gasteiger partial charge in [0.05, 0.1) is 25.2 Å². The summed E-state index contributed by atoms with van der Waals surface area (Å²) in [6, 6.07) is 0.330. The van der Waals surface area contributed by atoms with Crippen LogP contribution in [0.15, 0.2) is 12.2 Å². The summed E-state index contributed by atoms with van der Waals surface area (Å²) in [6.45, 7) is 2.73. The second-order valence-electron chi connectivity index (χ2n) is 6.56. The lowest BCUT2D eigenvalue weighted by molar-refractivity contribution is -0.153. The highest BCUT2D eigenvalue weighted by atomic mass is 16.6. The molecule has 3 aliphatic heterocycles. The summed E-state index contributed by atoms with van der Waals surface area (Å²) in [4.78, 5) is 27.1. The summed E-state index contributed by atoms with van der Waals surface area (Å²) in [7, 11) is 0. The summed E-state index contributed by atoms with van der Waals surface area (Å²) in [5.74, 6) is -1.05. The van der Waals surface area contributed by atoms with E-state index in [2.05, 4.69) is 0 Å². The van der Waals surface area contributed by atoms with E-state index in [0.717, 1.165) is 12.8 Å². The monoisotopic (exact) mass is 291 g/mol. The van der Waals surface area contributed by atoms with Gasteiger partial charge < -0.3 is 14.4 Å². The lowest BCUT2D eigenvalue weighted by Crippen LogP contribution is -2.41. The number of hydrogen-bond acceptors (Lipinski definition) is 4. The zero-order chi connectivity index (χ0) is 14.6. The zero-order valence-electron chi connectivity index (χ0n) is 12.3. The quantitative estimate of drug-likeness (QED) is 0.580. The lowest BCUT2D eigenvalue weighted by atomic mass is 9.77. The largest absolute Gasteiger partial charge is 0.466 e. The highest BCUT2D eigenvalue weighted by Gasteiger charge is 2.67. The summed E-state index contributed by atoms with van der Waals surface area (Å²) in [5, 5.41) is 0. The van der Waals surface area contributed by atoms with Crippen molar-refractivity contribution in [2.75, 3.05) is 13.2 Å². The number of nitrogens with zero attached hydrogens (tertiary/aromatic N) is 1. The lowest BCUT2D eigenvalue weighted by Gasteiger charge is -2.26. The molecule has 114 valence electrons. The van der Waals surface area contributed by atoms with Crippen LogP contribution in [0.3, 0.4) is 0 Å². The SMILES string of the molecule is CCOC(=O)C1[C@H]2C(=O)N(C3CCCC3)C[C@]23C=C[C@H]1O3. The van der Waals surface area contributed by atoms with E-state index in [4.69, 9.17) is 9.47 Å². The second-order valence-corrected chi connectivity index (χ2v) is 6.56. The number of esters is 1. The van der Waals surface area contributed by atoms with Crippen LogP contribution in [0.1, 0.15) is 32.6 Å². The first kappa shape index (κ1) is 13.3. The van der Waals surface area contributed by atoms with Gasteiger partial charge in [0.2, 0.25) is 5.91 Å². The van der Waals surface area contributed by atoms with Crippen molar-refractivity contribution in [1.29, 1.82) is 0 Å². The Labute approximate surface area is 124 Å². The van der Waals surface area contributed by atoms with Gasteiger partial charge >= 0.3 is 5.97 Å². The van der Waals surface area contributed by atoms with Crippen molar-refractivity contribution in [3.05, 3.63) is 12.2 Å². The molecule has 4 aliphatic rings. The smallest absolute Gasteiger partial charge is 0.312 e. The van der Waals surface area contributed by atoms with E-state index in [-0.39, 0.29) is 23.9 Å². The normalized spacial score (nSPS) is 41.1. The van der Waals surface area contributed by atoms with Crippen molar-refractivity contribution in [2.24, 2.45) is 11.8 Å². The summed E-state index contributed by atoms with van der Waals surface area (Å²) < 4.78 is 11.2. The number of fused-ring (bicyclic) bond motifs is 1. The third kappa shape index (κ3) is 1.73. The second kappa shape index (κ2) is 4.57. The van der Waals surface area contributed by atoms with Crippen LogP contribution in [0.5, 0.6) is 0 Å². The maximum absolute atomic E-state index is 12.9. The predicted molar refractivity (Wildman–Crippen MR) is 74.3 cm³/mol. The molecule has 0 aromatic carbocycles. The molecule has 1 spiro atoms. The van der Waals surface area contributed by atoms with Crippen molar-refractivity contribution in [3.8, 4) is 0 Å². The molecule has 3 heterocycles. The van der Waals surface area contributed by atoms with E-state index in [1.54, 1.807) is 6.92 Å². The van der Waals surface area contributed by atoms with Crippen molar-refractivity contribution in [2.45, 2.75) is 50.4 Å². The Balaban J connectivity index is 1.63. The molecule has 0 aromatic heterocycles. The number of carbonyl (C=O) groups excluding carboxylic acids is 2. The molecular weight excluding hydrogens is 270 g/mol. The number of rotatable bonds is 3. The summed E-state index contributed by atoms with van der Waals surface area (Å²) in [5.41, 5.74) is -0.582. The Morgan fingerprint density at radius 1 is 1.48 bits per heavy atom. The molecule has 0 N–H and O–H groups in total. The van der Waals surface area contributed by atoms with Crippen LogP contribution in [0.25, 0.3) is 0 Å². The molecule has 21 heavy (non-hydrogen) atoms. The van der Waals surface area contributed by atoms with Gasteiger partial charge in [-0.3, -0.25) is 9.59 Å². The highest BCUT2D eigenvalue weighted by Crippen LogP contribution is 2.53. The van der Waals surface area contributed by atoms with E-state index < -0.39 is 11.5 Å². The Morgan fingerprint density at radius 2 is 2.24 bits per heavy atom. The average molecular weight is 291 g/mol. The molecule has 4 atom stereocenters. The van der Waals surface area contributed by atoms with Crippen molar-refractivity contribution >= 4 is 11.9 Å². The summed E-state index contributed by atoms with van der Waals surface area (Å²) in [6.07, 6.45) is 8.18. The topological polar surface area (TPSA) is 55.8 Å². The van der Waals surface area contributed by atoms with Crippen molar-refractivity contribution in [3.63, 3.8) is 0 Å². The third-order valence-corrected chi connectivity index (χ3v) is 5.45. The van der Waals surface area contributed by atoms with Gasteiger partial charge in [-0.05, 0) is 19.8 Å². The predicted octanol–water partition coefficient (Wildman–Crippen LogP) is 1.27. The van der Waals surface area contributed by atoms with Crippen LogP contribution in [-0.2, 0) is 19.1 Å². The van der Waals surface area contributed by atoms with Gasteiger partial charge in [0, 0.05) is 6.04 Å². The molecule has 1 amide bonds. The van der Waals surface area contributed by atoms with Gasteiger partial charge in [0.1, 0.15) is 11.5 Å². The fourth-order valence-corrected chi connectivity index (χ4v) is 4.56. The van der Waals surface area contributed by atoms with Crippen LogP contribution in [0.2, 0.25) is 0 Å². The molecule has 2 bridgehead atoms. The van der Waals surface area contributed by atoms with Gasteiger partial charge in [-0.15, -0.1) is 0 Å². The molecule has 2 saturated heterocycles. The number of likely N-dealkylation sites (tertiary alicyclic amines) is 1. The maximum Gasteiger partial charge on any atom is 0.312 e. The Hall–Kier alpha value is -1.36. The molecule has 1 saturated carbocycles. The first-order valence-corrected chi connectivity index (χ1v) is 8.00. The van der Waals surface area contributed by atoms with E-state index >= 15 is 0 Å². The highest BCUT2D eigenvalue weighted by molar-refractivity contribution is 5.91. The Kier molecular flexibility index (Phi) is 2.89. The Bertz CT molecular complexity index is 510. The summed E-state index contributed by atoms with van der Waals surface area (Å²) >= 11 is 0. The molecular formula is C16H21NO4. The van der Waals surface area contributed by atoms with Crippen LogP contribution in [-0.4, -0.2) is 47.7 Å². The zero-order valence-corrected chi connectivity index (χ0v) is 12.3. The van der Waals surface area contributed by atoms with Gasteiger partial charge in [0.15, 0.2) is 0 Å². The fourth-order valence-electron chi connectivity index (χ4n) is 4.56. The van der Waals surface area contributed by atoms with Crippen LogP contribution in [0, 0.1) is 11.8 Å². The number of ether oxygens (including phenoxy) is 2. The van der Waals surface area contributed by atoms with Crippen LogP contribution in [0.4, 0.5) is 0 Å². The van der Waals surface area contributed by atoms with Crippen molar-refractivity contribution in [1.82, 2.24) is 4.90 Å². The van der Waals surface area contributed by atoms with Crippen molar-refractivity contribution < 1.29 is 19.1 Å². The standard InChI is InChI=1S/C16H21NO4/c1-2-20-15(19)12-11-7-8-16(21-11)9-17(14(18)13(12)16)10-5-3-4-6-10/h7-8,10-13H,2-6,9H2,1H3/t11-,12?,13+,16-/m1/s1. The van der Waals surface area contributed by atoms with Gasteiger partial charge in [-0.25, -0.2) is 0 Å². The first-order valence-electron chi connectivity index (χ1n) is 8.00. The number of amides is 1. The van der Waals surface area contributed by atoms with Gasteiger partial charge in [-0.1, -0.05) is 25.0 Å². The first-order chi connectivity index (χ1) is 10.2. The maximum atomic E-state index is 12.9. The van der Waals surface area contributed by atoms with E-state index in [1.165, 1.54) is 12.8 Å². The molecule has 0 aromatic rings. The van der Waals surface area contributed by atoms with Crippen LogP contribution < -0.4 is 0 Å². The number of hydrogen-bond donors (Lipinski definition) is 0. The molecule has 1 unspecified atom stereocenters. The molecule has 4 rings (SSSR count). The minimum Gasteiger partial charge on any atom is -0.466 e. The molecule has 0 radical (unpaired) electrons.